The smallest absolute Gasteiger partial charge is 0.258 e. The fourth-order valence-electron chi connectivity index (χ4n) is 5.40. The third-order valence-electron chi connectivity index (χ3n) is 7.43. The second kappa shape index (κ2) is 10.5. The lowest BCUT2D eigenvalue weighted by Crippen LogP contribution is -2.18. The van der Waals surface area contributed by atoms with E-state index in [9.17, 15) is 9.00 Å². The average molecular weight is 582 g/mol. The van der Waals surface area contributed by atoms with Crippen molar-refractivity contribution in [1.29, 1.82) is 0 Å². The van der Waals surface area contributed by atoms with Crippen LogP contribution in [-0.4, -0.2) is 52.5 Å². The zero-order valence-corrected chi connectivity index (χ0v) is 24.4. The maximum Gasteiger partial charge on any atom is 0.258 e. The number of nitrogens with zero attached hydrogens (tertiary/aromatic N) is 6. The maximum absolute atomic E-state index is 13.6. The van der Waals surface area contributed by atoms with E-state index in [4.69, 9.17) is 21.3 Å². The molecule has 10 nitrogen and oxygen atoms in total. The van der Waals surface area contributed by atoms with Crippen molar-refractivity contribution in [2.24, 2.45) is 17.3 Å². The van der Waals surface area contributed by atoms with E-state index in [2.05, 4.69) is 26.7 Å². The van der Waals surface area contributed by atoms with Crippen LogP contribution in [0.5, 0.6) is 5.88 Å². The summed E-state index contributed by atoms with van der Waals surface area (Å²) in [6.07, 6.45) is 5.26. The largest absolute Gasteiger partial charge is 0.477 e. The number of rotatable bonds is 1. The number of ether oxygens (including phenoxy) is 1. The molecule has 2 aliphatic heterocycles. The van der Waals surface area contributed by atoms with Crippen LogP contribution in [0.25, 0.3) is 22.3 Å². The number of anilines is 1. The van der Waals surface area contributed by atoms with E-state index in [1.807, 2.05) is 24.6 Å². The lowest BCUT2D eigenvalue weighted by Gasteiger charge is -2.16. The predicted molar refractivity (Wildman–Crippen MR) is 157 cm³/mol. The van der Waals surface area contributed by atoms with Gasteiger partial charge in [0.25, 0.3) is 5.91 Å². The highest BCUT2D eigenvalue weighted by molar-refractivity contribution is 7.93. The summed E-state index contributed by atoms with van der Waals surface area (Å²) in [6, 6.07) is 7.09. The number of amides is 1. The van der Waals surface area contributed by atoms with Crippen LogP contribution in [0.3, 0.4) is 0 Å². The van der Waals surface area contributed by atoms with Gasteiger partial charge in [-0.25, -0.2) is 13.9 Å². The summed E-state index contributed by atoms with van der Waals surface area (Å²) in [5, 5.41) is 7.79. The first-order valence-electron chi connectivity index (χ1n) is 13.6. The number of nitrogens with one attached hydrogen (secondary N) is 1. The van der Waals surface area contributed by atoms with E-state index in [1.54, 1.807) is 29.1 Å². The highest BCUT2D eigenvalue weighted by Crippen LogP contribution is 2.35. The minimum absolute atomic E-state index is 0.250. The number of benzene rings is 1. The highest BCUT2D eigenvalue weighted by Gasteiger charge is 2.22. The summed E-state index contributed by atoms with van der Waals surface area (Å²) >= 11 is 6.60. The normalized spacial score (nSPS) is 19.2. The molecular formula is C28H32ClN7O3S. The van der Waals surface area contributed by atoms with Crippen LogP contribution in [0.4, 0.5) is 11.6 Å². The van der Waals surface area contributed by atoms with Gasteiger partial charge < -0.3 is 9.30 Å². The number of hydrogen-bond acceptors (Lipinski definition) is 7. The molecule has 210 valence electrons. The first-order valence-corrected chi connectivity index (χ1v) is 15.8. The fourth-order valence-corrected chi connectivity index (χ4v) is 7.86. The molecule has 0 radical (unpaired) electrons. The number of carbonyl (C=O) groups excluding carboxylic acids is 1. The monoisotopic (exact) mass is 581 g/mol. The SMILES string of the molecule is Cc1cc2cc(n1)-c1cnn(C)c1OCCC[C@@H](C)Cn1c(nc3cc(Cl)c(N=S4(=O)CCCC4)cc31)NC2=O. The Morgan fingerprint density at radius 1 is 1.15 bits per heavy atom. The molecule has 0 saturated carbocycles. The summed E-state index contributed by atoms with van der Waals surface area (Å²) in [7, 11) is -0.473. The number of aryl methyl sites for hydroxylation is 2. The molecule has 0 aliphatic carbocycles. The van der Waals surface area contributed by atoms with Crippen molar-refractivity contribution >= 4 is 49.9 Å². The molecule has 1 aromatic carbocycles. The van der Waals surface area contributed by atoms with E-state index in [0.29, 0.717) is 69.7 Å². The van der Waals surface area contributed by atoms with Gasteiger partial charge >= 0.3 is 0 Å². The van der Waals surface area contributed by atoms with Crippen molar-refractivity contribution in [2.45, 2.75) is 46.1 Å². The van der Waals surface area contributed by atoms with Crippen molar-refractivity contribution in [3.63, 3.8) is 0 Å². The minimum Gasteiger partial charge on any atom is -0.477 e. The van der Waals surface area contributed by atoms with Crippen LogP contribution in [0.1, 0.15) is 48.7 Å². The Morgan fingerprint density at radius 2 is 1.95 bits per heavy atom. The second-order valence-corrected chi connectivity index (χ2v) is 13.7. The topological polar surface area (TPSA) is 116 Å². The first kappa shape index (κ1) is 26.8. The van der Waals surface area contributed by atoms with Crippen molar-refractivity contribution < 1.29 is 13.7 Å². The Balaban J connectivity index is 1.46. The van der Waals surface area contributed by atoms with Crippen LogP contribution >= 0.6 is 11.6 Å². The quantitative estimate of drug-likeness (QED) is 0.306. The number of hydrogen-bond donors (Lipinski definition) is 1. The third kappa shape index (κ3) is 5.19. The summed E-state index contributed by atoms with van der Waals surface area (Å²) in [5.41, 5.74) is 4.44. The van der Waals surface area contributed by atoms with Crippen molar-refractivity contribution in [2.75, 3.05) is 23.4 Å². The molecule has 0 spiro atoms. The average Bonchev–Trinajstić information content (AvgIpc) is 3.59. The molecule has 3 aromatic heterocycles. The van der Waals surface area contributed by atoms with Gasteiger partial charge in [-0.15, -0.1) is 0 Å². The number of pyridine rings is 1. The molecule has 1 N–H and O–H groups in total. The van der Waals surface area contributed by atoms with Gasteiger partial charge in [0.15, 0.2) is 0 Å². The van der Waals surface area contributed by atoms with Gasteiger partial charge in [-0.1, -0.05) is 18.5 Å². The predicted octanol–water partition coefficient (Wildman–Crippen LogP) is 5.75. The first-order chi connectivity index (χ1) is 19.2. The Kier molecular flexibility index (Phi) is 7.03. The van der Waals surface area contributed by atoms with E-state index in [1.165, 1.54) is 0 Å². The second-order valence-electron chi connectivity index (χ2n) is 10.7. The van der Waals surface area contributed by atoms with Gasteiger partial charge in [0.2, 0.25) is 11.8 Å². The Bertz CT molecular complexity index is 1740. The zero-order valence-electron chi connectivity index (χ0n) is 22.8. The lowest BCUT2D eigenvalue weighted by atomic mass is 10.1. The molecule has 4 aromatic rings. The number of fused-ring (bicyclic) bond motifs is 7. The number of halogens is 1. The van der Waals surface area contributed by atoms with E-state index >= 15 is 0 Å². The molecule has 6 rings (SSSR count). The number of carbonyl (C=O) groups is 1. The lowest BCUT2D eigenvalue weighted by molar-refractivity contribution is 0.102. The number of aromatic nitrogens is 5. The molecule has 1 atom stereocenters. The van der Waals surface area contributed by atoms with Crippen molar-refractivity contribution in [3.8, 4) is 17.1 Å². The molecule has 12 heteroatoms. The standard InChI is InChI=1S/C28H32ClN7O3S/c1-17-7-6-8-39-27-20(15-30-35(27)3)22-12-19(11-18(2)31-22)26(37)33-28-32-24-13-21(29)23(14-25(24)36(28)16-17)34-40(38)9-4-5-10-40/h11-15,17H,4-10,16H2,1-3H3,(H,32,33,37)/t17-/m1/s1. The molecule has 1 amide bonds. The molecule has 2 bridgehead atoms. The molecule has 2 aliphatic rings. The van der Waals surface area contributed by atoms with Gasteiger partial charge in [-0.2, -0.15) is 9.46 Å². The summed E-state index contributed by atoms with van der Waals surface area (Å²) in [6.45, 7) is 5.15. The minimum atomic E-state index is -2.31. The molecular weight excluding hydrogens is 550 g/mol. The molecule has 40 heavy (non-hydrogen) atoms. The van der Waals surface area contributed by atoms with Gasteiger partial charge in [-0.05, 0) is 62.8 Å². The maximum atomic E-state index is 13.6. The Hall–Kier alpha value is -3.44. The van der Waals surface area contributed by atoms with Crippen LogP contribution in [-0.2, 0) is 23.3 Å². The molecule has 0 unspecified atom stereocenters. The van der Waals surface area contributed by atoms with Gasteiger partial charge in [0.1, 0.15) is 0 Å². The summed E-state index contributed by atoms with van der Waals surface area (Å²) < 4.78 is 27.7. The van der Waals surface area contributed by atoms with Crippen molar-refractivity contribution in [1.82, 2.24) is 24.3 Å². The van der Waals surface area contributed by atoms with E-state index < -0.39 is 9.73 Å². The third-order valence-corrected chi connectivity index (χ3v) is 10.1. The van der Waals surface area contributed by atoms with Crippen LogP contribution in [0, 0.1) is 12.8 Å². The number of imidazole rings is 1. The summed E-state index contributed by atoms with van der Waals surface area (Å²) in [5.74, 6) is 2.18. The van der Waals surface area contributed by atoms with Gasteiger partial charge in [0.05, 0.1) is 55.5 Å². The Labute approximate surface area is 238 Å². The van der Waals surface area contributed by atoms with Crippen LogP contribution < -0.4 is 10.1 Å². The van der Waals surface area contributed by atoms with Crippen LogP contribution in [0.15, 0.2) is 34.8 Å². The molecule has 5 heterocycles. The van der Waals surface area contributed by atoms with Crippen molar-refractivity contribution in [3.05, 3.63) is 46.7 Å². The Morgan fingerprint density at radius 3 is 2.75 bits per heavy atom. The zero-order chi connectivity index (χ0) is 28.0. The molecule has 1 saturated heterocycles. The van der Waals surface area contributed by atoms with E-state index in [0.717, 1.165) is 36.8 Å². The molecule has 1 fully saturated rings. The van der Waals surface area contributed by atoms with Gasteiger partial charge in [0, 0.05) is 36.4 Å². The van der Waals surface area contributed by atoms with E-state index in [-0.39, 0.29) is 11.8 Å². The highest BCUT2D eigenvalue weighted by atomic mass is 35.5. The van der Waals surface area contributed by atoms with Gasteiger partial charge in [-0.3, -0.25) is 15.1 Å². The van der Waals surface area contributed by atoms with Crippen LogP contribution in [0.2, 0.25) is 5.02 Å². The fraction of sp³-hybridized carbons (Fsp3) is 0.429. The summed E-state index contributed by atoms with van der Waals surface area (Å²) in [4.78, 5) is 23.0.